The van der Waals surface area contributed by atoms with Gasteiger partial charge in [0.25, 0.3) is 11.8 Å². The van der Waals surface area contributed by atoms with Crippen molar-refractivity contribution in [1.29, 1.82) is 0 Å². The molecule has 0 spiro atoms. The van der Waals surface area contributed by atoms with Gasteiger partial charge in [-0.25, -0.2) is 0 Å². The summed E-state index contributed by atoms with van der Waals surface area (Å²) in [5, 5.41) is 10.5. The first-order chi connectivity index (χ1) is 16.9. The van der Waals surface area contributed by atoms with Gasteiger partial charge in [-0.2, -0.15) is 0 Å². The summed E-state index contributed by atoms with van der Waals surface area (Å²) >= 11 is 12.0. The zero-order chi connectivity index (χ0) is 25.2. The van der Waals surface area contributed by atoms with E-state index in [9.17, 15) is 9.59 Å². The van der Waals surface area contributed by atoms with Crippen LogP contribution in [0, 0.1) is 5.92 Å². The molecule has 1 fully saturated rings. The van der Waals surface area contributed by atoms with E-state index in [2.05, 4.69) is 16.0 Å². The zero-order valence-electron chi connectivity index (χ0n) is 20.0. The second kappa shape index (κ2) is 13.6. The third kappa shape index (κ3) is 8.02. The fourth-order valence-electron chi connectivity index (χ4n) is 4.41. The Kier molecular flexibility index (Phi) is 10.5. The van der Waals surface area contributed by atoms with Gasteiger partial charge in [0.15, 0.2) is 0 Å². The van der Waals surface area contributed by atoms with E-state index in [1.165, 1.54) is 7.11 Å². The maximum absolute atomic E-state index is 13.1. The fraction of sp³-hybridized carbons (Fsp3) is 0.462. The van der Waals surface area contributed by atoms with Crippen LogP contribution in [0.3, 0.4) is 0 Å². The average molecular weight is 521 g/mol. The lowest BCUT2D eigenvalue weighted by Crippen LogP contribution is -2.44. The lowest BCUT2D eigenvalue weighted by atomic mass is 9.87. The molecule has 0 bridgehead atoms. The molecule has 5 N–H and O–H groups in total. The number of anilines is 1. The Balaban J connectivity index is 1.51. The van der Waals surface area contributed by atoms with Crippen molar-refractivity contribution in [2.45, 2.75) is 44.6 Å². The van der Waals surface area contributed by atoms with Gasteiger partial charge in [0, 0.05) is 29.2 Å². The summed E-state index contributed by atoms with van der Waals surface area (Å²) in [4.78, 5) is 25.4. The van der Waals surface area contributed by atoms with Crippen LogP contribution in [0.4, 0.5) is 5.69 Å². The lowest BCUT2D eigenvalue weighted by molar-refractivity contribution is 0.0904. The molecule has 0 saturated carbocycles. The number of nitrogens with two attached hydrogens (primary N) is 1. The second-order valence-corrected chi connectivity index (χ2v) is 9.70. The van der Waals surface area contributed by atoms with Crippen LogP contribution in [0.15, 0.2) is 36.4 Å². The standard InChI is InChI=1S/C26H34Cl2N4O3/c1-35-24-16-22(29)21(28)15-20(24)26(34)32-23(17-10-13-30-14-11-17)5-3-2-4-12-31-25(33)18-6-8-19(27)9-7-18/h6-9,15-17,23,30H,2-5,10-14,29H2,1H3,(H,31,33)(H,32,34). The number of ether oxygens (including phenoxy) is 1. The molecule has 2 aromatic carbocycles. The average Bonchev–Trinajstić information content (AvgIpc) is 2.87. The third-order valence-corrected chi connectivity index (χ3v) is 7.00. The van der Waals surface area contributed by atoms with Crippen molar-refractivity contribution in [3.63, 3.8) is 0 Å². The summed E-state index contributed by atoms with van der Waals surface area (Å²) in [6.45, 7) is 2.50. The first-order valence-electron chi connectivity index (χ1n) is 12.1. The molecule has 1 aliphatic heterocycles. The normalized spacial score (nSPS) is 14.8. The summed E-state index contributed by atoms with van der Waals surface area (Å²) < 4.78 is 5.36. The van der Waals surface area contributed by atoms with Gasteiger partial charge in [-0.3, -0.25) is 9.59 Å². The van der Waals surface area contributed by atoms with Crippen molar-refractivity contribution in [2.75, 3.05) is 32.5 Å². The van der Waals surface area contributed by atoms with Crippen molar-refractivity contribution in [3.8, 4) is 5.75 Å². The number of methoxy groups -OCH3 is 1. The summed E-state index contributed by atoms with van der Waals surface area (Å²) in [6, 6.07) is 10.0. The van der Waals surface area contributed by atoms with Gasteiger partial charge < -0.3 is 26.4 Å². The molecule has 9 heteroatoms. The molecule has 2 aromatic rings. The van der Waals surface area contributed by atoms with E-state index in [1.807, 2.05) is 0 Å². The largest absolute Gasteiger partial charge is 0.496 e. The van der Waals surface area contributed by atoms with E-state index in [0.717, 1.165) is 51.6 Å². The molecule has 1 unspecified atom stereocenters. The molecule has 1 atom stereocenters. The minimum Gasteiger partial charge on any atom is -0.496 e. The maximum atomic E-state index is 13.1. The van der Waals surface area contributed by atoms with Crippen molar-refractivity contribution in [1.82, 2.24) is 16.0 Å². The quantitative estimate of drug-likeness (QED) is 0.254. The summed E-state index contributed by atoms with van der Waals surface area (Å²) in [5.74, 6) is 0.505. The van der Waals surface area contributed by atoms with Crippen LogP contribution < -0.4 is 26.4 Å². The molecule has 3 rings (SSSR count). The highest BCUT2D eigenvalue weighted by atomic mass is 35.5. The highest BCUT2D eigenvalue weighted by Crippen LogP contribution is 2.29. The summed E-state index contributed by atoms with van der Waals surface area (Å²) in [7, 11) is 1.51. The molecule has 0 radical (unpaired) electrons. The van der Waals surface area contributed by atoms with Crippen LogP contribution >= 0.6 is 23.2 Å². The highest BCUT2D eigenvalue weighted by molar-refractivity contribution is 6.33. The molecule has 1 saturated heterocycles. The smallest absolute Gasteiger partial charge is 0.255 e. The van der Waals surface area contributed by atoms with E-state index in [0.29, 0.717) is 45.1 Å². The number of hydrogen-bond acceptors (Lipinski definition) is 5. The van der Waals surface area contributed by atoms with Crippen molar-refractivity contribution < 1.29 is 14.3 Å². The van der Waals surface area contributed by atoms with Crippen LogP contribution in [-0.2, 0) is 0 Å². The van der Waals surface area contributed by atoms with Crippen molar-refractivity contribution in [2.24, 2.45) is 5.92 Å². The summed E-state index contributed by atoms with van der Waals surface area (Å²) in [5.41, 5.74) is 7.22. The monoisotopic (exact) mass is 520 g/mol. The van der Waals surface area contributed by atoms with E-state index < -0.39 is 0 Å². The number of nitrogen functional groups attached to an aromatic ring is 1. The molecule has 190 valence electrons. The number of halogens is 2. The number of amides is 2. The Morgan fingerprint density at radius 3 is 2.49 bits per heavy atom. The van der Waals surface area contributed by atoms with Gasteiger partial charge >= 0.3 is 0 Å². The Morgan fingerprint density at radius 1 is 1.09 bits per heavy atom. The molecule has 2 amide bonds. The molecular formula is C26H34Cl2N4O3. The molecule has 1 aliphatic rings. The predicted molar refractivity (Wildman–Crippen MR) is 142 cm³/mol. The molecule has 0 aromatic heterocycles. The third-order valence-electron chi connectivity index (χ3n) is 6.42. The van der Waals surface area contributed by atoms with Gasteiger partial charge in [-0.05, 0) is 75.0 Å². The summed E-state index contributed by atoms with van der Waals surface area (Å²) in [6.07, 6.45) is 5.67. The Hall–Kier alpha value is -2.48. The first-order valence-corrected chi connectivity index (χ1v) is 12.8. The number of carbonyl (C=O) groups is 2. The van der Waals surface area contributed by atoms with Gasteiger partial charge in [-0.1, -0.05) is 36.0 Å². The first kappa shape index (κ1) is 27.1. The minimum absolute atomic E-state index is 0.0503. The van der Waals surface area contributed by atoms with E-state index >= 15 is 0 Å². The van der Waals surface area contributed by atoms with E-state index in [1.54, 1.807) is 36.4 Å². The Labute approximate surface area is 217 Å². The number of hydrogen-bond donors (Lipinski definition) is 4. The number of unbranched alkanes of at least 4 members (excludes halogenated alkanes) is 2. The highest BCUT2D eigenvalue weighted by Gasteiger charge is 2.26. The molecule has 35 heavy (non-hydrogen) atoms. The number of piperidine rings is 1. The number of benzene rings is 2. The van der Waals surface area contributed by atoms with Crippen LogP contribution in [0.2, 0.25) is 10.0 Å². The van der Waals surface area contributed by atoms with Crippen molar-refractivity contribution in [3.05, 3.63) is 57.6 Å². The number of nitrogens with one attached hydrogen (secondary N) is 3. The minimum atomic E-state index is -0.206. The Morgan fingerprint density at radius 2 is 1.80 bits per heavy atom. The van der Waals surface area contributed by atoms with Crippen LogP contribution in [-0.4, -0.2) is 44.6 Å². The second-order valence-electron chi connectivity index (χ2n) is 8.85. The van der Waals surface area contributed by atoms with Crippen LogP contribution in [0.1, 0.15) is 59.2 Å². The van der Waals surface area contributed by atoms with Gasteiger partial charge in [-0.15, -0.1) is 0 Å². The topological polar surface area (TPSA) is 105 Å². The van der Waals surface area contributed by atoms with Crippen LogP contribution in [0.25, 0.3) is 0 Å². The van der Waals surface area contributed by atoms with Gasteiger partial charge in [0.2, 0.25) is 0 Å². The number of carbonyl (C=O) groups excluding carboxylic acids is 2. The zero-order valence-corrected chi connectivity index (χ0v) is 21.6. The molecular weight excluding hydrogens is 487 g/mol. The molecule has 0 aliphatic carbocycles. The SMILES string of the molecule is COc1cc(N)c(Cl)cc1C(=O)NC(CCCCCNC(=O)c1ccc(Cl)cc1)C1CCNCC1. The van der Waals surface area contributed by atoms with Crippen molar-refractivity contribution >= 4 is 40.7 Å². The van der Waals surface area contributed by atoms with Gasteiger partial charge in [0.1, 0.15) is 5.75 Å². The maximum Gasteiger partial charge on any atom is 0.255 e. The predicted octanol–water partition coefficient (Wildman–Crippen LogP) is 4.67. The lowest BCUT2D eigenvalue weighted by Gasteiger charge is -2.31. The molecule has 1 heterocycles. The fourth-order valence-corrected chi connectivity index (χ4v) is 4.69. The van der Waals surface area contributed by atoms with E-state index in [-0.39, 0.29) is 17.9 Å². The Bertz CT molecular complexity index is 995. The van der Waals surface area contributed by atoms with Gasteiger partial charge in [0.05, 0.1) is 23.4 Å². The van der Waals surface area contributed by atoms with E-state index in [4.69, 9.17) is 33.7 Å². The van der Waals surface area contributed by atoms with Crippen LogP contribution in [0.5, 0.6) is 5.75 Å². The number of rotatable bonds is 11. The molecule has 7 nitrogen and oxygen atoms in total.